The van der Waals surface area contributed by atoms with Crippen LogP contribution in [-0.2, 0) is 6.42 Å². The highest BCUT2D eigenvalue weighted by molar-refractivity contribution is 5.98. The second-order valence-corrected chi connectivity index (χ2v) is 5.04. The third kappa shape index (κ3) is 2.98. The van der Waals surface area contributed by atoms with E-state index in [0.717, 1.165) is 11.1 Å². The summed E-state index contributed by atoms with van der Waals surface area (Å²) in [6.45, 7) is 2.22. The summed E-state index contributed by atoms with van der Waals surface area (Å²) in [6, 6.07) is 9.76. The van der Waals surface area contributed by atoms with Gasteiger partial charge in [0.15, 0.2) is 0 Å². The number of nitrogens with one attached hydrogen (secondary N) is 1. The molecule has 5 heteroatoms. The number of amides is 1. The van der Waals surface area contributed by atoms with Crippen molar-refractivity contribution in [3.05, 3.63) is 65.5 Å². The summed E-state index contributed by atoms with van der Waals surface area (Å²) < 4.78 is 18.4. The van der Waals surface area contributed by atoms with Gasteiger partial charge in [0.05, 0.1) is 23.0 Å². The lowest BCUT2D eigenvalue weighted by atomic mass is 10.1. The largest absolute Gasteiger partial charge is 0.469 e. The summed E-state index contributed by atoms with van der Waals surface area (Å²) in [4.78, 5) is 16.5. The quantitative estimate of drug-likeness (QED) is 0.804. The highest BCUT2D eigenvalue weighted by atomic mass is 19.1. The smallest absolute Gasteiger partial charge is 0.253 e. The van der Waals surface area contributed by atoms with E-state index in [1.54, 1.807) is 25.3 Å². The molecule has 1 N–H and O–H groups in total. The molecule has 2 heterocycles. The first-order chi connectivity index (χ1) is 10.6. The van der Waals surface area contributed by atoms with Crippen molar-refractivity contribution >= 4 is 16.8 Å². The Hall–Kier alpha value is -2.69. The van der Waals surface area contributed by atoms with Gasteiger partial charge in [-0.2, -0.15) is 0 Å². The van der Waals surface area contributed by atoms with Crippen molar-refractivity contribution < 1.29 is 13.6 Å². The number of carbonyl (C=O) groups excluding carboxylic acids is 1. The zero-order valence-corrected chi connectivity index (χ0v) is 12.1. The molecule has 2 aromatic heterocycles. The van der Waals surface area contributed by atoms with Crippen LogP contribution in [0.5, 0.6) is 0 Å². The molecule has 0 radical (unpaired) electrons. The monoisotopic (exact) mass is 298 g/mol. The van der Waals surface area contributed by atoms with Gasteiger partial charge in [0.1, 0.15) is 11.6 Å². The molecule has 0 atom stereocenters. The van der Waals surface area contributed by atoms with Crippen molar-refractivity contribution in [2.45, 2.75) is 13.3 Å². The zero-order valence-electron chi connectivity index (χ0n) is 12.1. The van der Waals surface area contributed by atoms with Gasteiger partial charge < -0.3 is 9.73 Å². The highest BCUT2D eigenvalue weighted by Crippen LogP contribution is 2.17. The number of aryl methyl sites for hydroxylation is 1. The standard InChI is InChI=1S/C17H15FN2O2/c1-11-15(9-12-4-5-13(18)10-16(12)20-11)17(21)19-7-6-14-3-2-8-22-14/h2-5,8-10H,6-7H2,1H3,(H,19,21). The summed E-state index contributed by atoms with van der Waals surface area (Å²) in [5.41, 5.74) is 1.62. The fraction of sp³-hybridized carbons (Fsp3) is 0.176. The molecule has 3 rings (SSSR count). The van der Waals surface area contributed by atoms with Crippen molar-refractivity contribution in [1.29, 1.82) is 0 Å². The van der Waals surface area contributed by atoms with Gasteiger partial charge in [-0.15, -0.1) is 0 Å². The van der Waals surface area contributed by atoms with E-state index >= 15 is 0 Å². The average molecular weight is 298 g/mol. The van der Waals surface area contributed by atoms with Gasteiger partial charge in [-0.3, -0.25) is 9.78 Å². The van der Waals surface area contributed by atoms with E-state index in [1.165, 1.54) is 12.1 Å². The van der Waals surface area contributed by atoms with Gasteiger partial charge in [-0.25, -0.2) is 4.39 Å². The van der Waals surface area contributed by atoms with Gasteiger partial charge in [0.25, 0.3) is 5.91 Å². The van der Waals surface area contributed by atoms with Crippen LogP contribution >= 0.6 is 0 Å². The Kier molecular flexibility index (Phi) is 3.87. The lowest BCUT2D eigenvalue weighted by molar-refractivity contribution is 0.0953. The Balaban J connectivity index is 1.75. The molecule has 4 nitrogen and oxygen atoms in total. The number of carbonyl (C=O) groups is 1. The summed E-state index contributed by atoms with van der Waals surface area (Å²) in [7, 11) is 0. The number of benzene rings is 1. The Morgan fingerprint density at radius 3 is 2.95 bits per heavy atom. The minimum Gasteiger partial charge on any atom is -0.469 e. The minimum atomic E-state index is -0.338. The van der Waals surface area contributed by atoms with Crippen molar-refractivity contribution in [1.82, 2.24) is 10.3 Å². The number of halogens is 1. The van der Waals surface area contributed by atoms with Crippen LogP contribution in [0.15, 0.2) is 47.1 Å². The second kappa shape index (κ2) is 5.97. The molecule has 3 aromatic rings. The summed E-state index contributed by atoms with van der Waals surface area (Å²) in [6.07, 6.45) is 2.23. The molecule has 1 amide bonds. The van der Waals surface area contributed by atoms with Crippen molar-refractivity contribution in [3.8, 4) is 0 Å². The van der Waals surface area contributed by atoms with Gasteiger partial charge in [0, 0.05) is 24.4 Å². The fourth-order valence-corrected chi connectivity index (χ4v) is 2.32. The predicted octanol–water partition coefficient (Wildman–Crippen LogP) is 3.25. The maximum atomic E-state index is 13.2. The van der Waals surface area contributed by atoms with Crippen LogP contribution in [0.25, 0.3) is 10.9 Å². The third-order valence-corrected chi connectivity index (χ3v) is 3.45. The van der Waals surface area contributed by atoms with E-state index in [4.69, 9.17) is 4.42 Å². The maximum Gasteiger partial charge on any atom is 0.253 e. The molecule has 1 aromatic carbocycles. The molecule has 112 valence electrons. The van der Waals surface area contributed by atoms with E-state index in [1.807, 2.05) is 12.1 Å². The molecule has 0 spiro atoms. The minimum absolute atomic E-state index is 0.192. The number of aromatic nitrogens is 1. The van der Waals surface area contributed by atoms with Gasteiger partial charge >= 0.3 is 0 Å². The van der Waals surface area contributed by atoms with Gasteiger partial charge in [0.2, 0.25) is 0 Å². The summed E-state index contributed by atoms with van der Waals surface area (Å²) in [5.74, 6) is 0.293. The Morgan fingerprint density at radius 2 is 2.18 bits per heavy atom. The number of hydrogen-bond acceptors (Lipinski definition) is 3. The van der Waals surface area contributed by atoms with Crippen LogP contribution < -0.4 is 5.32 Å². The van der Waals surface area contributed by atoms with Crippen LogP contribution in [0.4, 0.5) is 4.39 Å². The lowest BCUT2D eigenvalue weighted by Crippen LogP contribution is -2.26. The Bertz CT molecular complexity index is 813. The van der Waals surface area contributed by atoms with E-state index in [-0.39, 0.29) is 11.7 Å². The fourth-order valence-electron chi connectivity index (χ4n) is 2.32. The molecule has 0 saturated carbocycles. The molecule has 0 saturated heterocycles. The first-order valence-corrected chi connectivity index (χ1v) is 7.01. The normalized spacial score (nSPS) is 10.8. The molecule has 22 heavy (non-hydrogen) atoms. The van der Waals surface area contributed by atoms with E-state index in [2.05, 4.69) is 10.3 Å². The van der Waals surface area contributed by atoms with Crippen LogP contribution in [0.2, 0.25) is 0 Å². The van der Waals surface area contributed by atoms with Gasteiger partial charge in [-0.05, 0) is 37.3 Å². The third-order valence-electron chi connectivity index (χ3n) is 3.45. The molecular formula is C17H15FN2O2. The molecular weight excluding hydrogens is 283 g/mol. The van der Waals surface area contributed by atoms with Crippen LogP contribution in [0.3, 0.4) is 0 Å². The predicted molar refractivity (Wildman–Crippen MR) is 81.2 cm³/mol. The van der Waals surface area contributed by atoms with Crippen LogP contribution in [-0.4, -0.2) is 17.4 Å². The average Bonchev–Trinajstić information content (AvgIpc) is 2.99. The molecule has 0 bridgehead atoms. The summed E-state index contributed by atoms with van der Waals surface area (Å²) in [5, 5.41) is 3.58. The molecule has 0 fully saturated rings. The number of rotatable bonds is 4. The molecule has 0 unspecified atom stereocenters. The first kappa shape index (κ1) is 14.3. The number of furan rings is 1. The first-order valence-electron chi connectivity index (χ1n) is 7.01. The number of fused-ring (bicyclic) bond motifs is 1. The van der Waals surface area contributed by atoms with E-state index in [0.29, 0.717) is 29.7 Å². The topological polar surface area (TPSA) is 55.1 Å². The van der Waals surface area contributed by atoms with Crippen molar-refractivity contribution in [2.75, 3.05) is 6.54 Å². The Labute approximate surface area is 127 Å². The van der Waals surface area contributed by atoms with Crippen molar-refractivity contribution in [3.63, 3.8) is 0 Å². The van der Waals surface area contributed by atoms with Crippen LogP contribution in [0, 0.1) is 12.7 Å². The number of nitrogens with zero attached hydrogens (tertiary/aromatic N) is 1. The number of hydrogen-bond donors (Lipinski definition) is 1. The SMILES string of the molecule is Cc1nc2cc(F)ccc2cc1C(=O)NCCc1ccco1. The molecule has 0 aliphatic rings. The van der Waals surface area contributed by atoms with E-state index in [9.17, 15) is 9.18 Å². The van der Waals surface area contributed by atoms with Crippen molar-refractivity contribution in [2.24, 2.45) is 0 Å². The van der Waals surface area contributed by atoms with Gasteiger partial charge in [-0.1, -0.05) is 0 Å². The second-order valence-electron chi connectivity index (χ2n) is 5.04. The maximum absolute atomic E-state index is 13.2. The van der Waals surface area contributed by atoms with Crippen LogP contribution in [0.1, 0.15) is 21.8 Å². The molecule has 0 aliphatic heterocycles. The Morgan fingerprint density at radius 1 is 1.32 bits per heavy atom. The zero-order chi connectivity index (χ0) is 15.5. The lowest BCUT2D eigenvalue weighted by Gasteiger charge is -2.08. The number of pyridine rings is 1. The summed E-state index contributed by atoms with van der Waals surface area (Å²) >= 11 is 0. The highest BCUT2D eigenvalue weighted by Gasteiger charge is 2.12. The molecule has 0 aliphatic carbocycles. The van der Waals surface area contributed by atoms with E-state index < -0.39 is 0 Å².